The summed E-state index contributed by atoms with van der Waals surface area (Å²) in [6.07, 6.45) is 6.33. The molecule has 0 radical (unpaired) electrons. The minimum absolute atomic E-state index is 0.0281. The molecule has 0 bridgehead atoms. The molecule has 32 heavy (non-hydrogen) atoms. The Hall–Kier alpha value is -3.06. The summed E-state index contributed by atoms with van der Waals surface area (Å²) < 4.78 is 5.59. The molecule has 3 aromatic rings. The molecule has 3 amide bonds. The molecule has 7 nitrogen and oxygen atoms in total. The van der Waals surface area contributed by atoms with Crippen LogP contribution in [0.1, 0.15) is 35.4 Å². The zero-order chi connectivity index (χ0) is 22.1. The quantitative estimate of drug-likeness (QED) is 0.606. The van der Waals surface area contributed by atoms with Crippen molar-refractivity contribution >= 4 is 34.5 Å². The highest BCUT2D eigenvalue weighted by molar-refractivity contribution is 6.30. The van der Waals surface area contributed by atoms with E-state index in [1.54, 1.807) is 18.5 Å². The number of nitrogens with one attached hydrogen (secondary N) is 2. The fourth-order valence-corrected chi connectivity index (χ4v) is 4.81. The summed E-state index contributed by atoms with van der Waals surface area (Å²) in [4.78, 5) is 30.9. The minimum atomic E-state index is -0.192. The maximum Gasteiger partial charge on any atom is 0.317 e. The van der Waals surface area contributed by atoms with E-state index in [1.165, 1.54) is 0 Å². The van der Waals surface area contributed by atoms with Crippen LogP contribution in [0, 0.1) is 11.3 Å². The number of hydrogen-bond donors (Lipinski definition) is 2. The summed E-state index contributed by atoms with van der Waals surface area (Å²) in [6.45, 7) is 2.61. The highest BCUT2D eigenvalue weighted by atomic mass is 35.5. The first-order chi connectivity index (χ1) is 15.5. The summed E-state index contributed by atoms with van der Waals surface area (Å²) in [5.41, 5.74) is 1.88. The SMILES string of the molecule is O=C(NCC1CC12CCN(C(=O)NCc1ccc(Cl)cc1)CC2)c1cc2ccncc2o1. The van der Waals surface area contributed by atoms with E-state index < -0.39 is 0 Å². The van der Waals surface area contributed by atoms with Crippen LogP contribution in [-0.2, 0) is 6.54 Å². The lowest BCUT2D eigenvalue weighted by molar-refractivity contribution is 0.0922. The molecule has 8 heteroatoms. The third kappa shape index (κ3) is 4.30. The lowest BCUT2D eigenvalue weighted by atomic mass is 9.91. The van der Waals surface area contributed by atoms with E-state index in [1.807, 2.05) is 35.2 Å². The van der Waals surface area contributed by atoms with E-state index in [-0.39, 0.29) is 17.4 Å². The number of urea groups is 1. The second-order valence-corrected chi connectivity index (χ2v) is 9.21. The first kappa shape index (κ1) is 20.8. The van der Waals surface area contributed by atoms with Crippen molar-refractivity contribution < 1.29 is 14.0 Å². The number of pyridine rings is 1. The van der Waals surface area contributed by atoms with Crippen molar-refractivity contribution in [2.75, 3.05) is 19.6 Å². The molecule has 2 aliphatic rings. The lowest BCUT2D eigenvalue weighted by Gasteiger charge is -2.33. The molecule has 3 heterocycles. The van der Waals surface area contributed by atoms with E-state index in [0.717, 1.165) is 43.3 Å². The molecule has 1 atom stereocenters. The molecule has 2 N–H and O–H groups in total. The molecule has 5 rings (SSSR count). The summed E-state index contributed by atoms with van der Waals surface area (Å²) >= 11 is 5.90. The third-order valence-electron chi connectivity index (χ3n) is 6.82. The predicted molar refractivity (Wildman–Crippen MR) is 121 cm³/mol. The smallest absolute Gasteiger partial charge is 0.317 e. The highest BCUT2D eigenvalue weighted by Gasteiger charge is 2.54. The van der Waals surface area contributed by atoms with Gasteiger partial charge in [0.05, 0.1) is 6.20 Å². The molecule has 1 saturated carbocycles. The number of nitrogens with zero attached hydrogens (tertiary/aromatic N) is 2. The van der Waals surface area contributed by atoms with Crippen molar-refractivity contribution in [3.63, 3.8) is 0 Å². The Balaban J connectivity index is 1.07. The van der Waals surface area contributed by atoms with Gasteiger partial charge in [-0.05, 0) is 60.4 Å². The highest BCUT2D eigenvalue weighted by Crippen LogP contribution is 2.59. The normalized spacial score (nSPS) is 19.2. The van der Waals surface area contributed by atoms with Gasteiger partial charge in [0.1, 0.15) is 0 Å². The number of carbonyl (C=O) groups is 2. The van der Waals surface area contributed by atoms with Crippen molar-refractivity contribution in [2.24, 2.45) is 11.3 Å². The number of furan rings is 1. The fraction of sp³-hybridized carbons (Fsp3) is 0.375. The Kier molecular flexibility index (Phi) is 5.51. The van der Waals surface area contributed by atoms with Gasteiger partial charge in [-0.1, -0.05) is 23.7 Å². The maximum atomic E-state index is 12.5. The van der Waals surface area contributed by atoms with E-state index >= 15 is 0 Å². The van der Waals surface area contributed by atoms with Crippen LogP contribution in [0.5, 0.6) is 0 Å². The Labute approximate surface area is 191 Å². The molecule has 1 spiro atoms. The van der Waals surface area contributed by atoms with E-state index in [9.17, 15) is 9.59 Å². The van der Waals surface area contributed by atoms with Crippen molar-refractivity contribution in [1.29, 1.82) is 0 Å². The largest absolute Gasteiger partial charge is 0.449 e. The first-order valence-corrected chi connectivity index (χ1v) is 11.3. The number of carbonyl (C=O) groups excluding carboxylic acids is 2. The Bertz CT molecular complexity index is 1100. The standard InChI is InChI=1S/C24H25ClN4O3/c25-19-3-1-16(2-4-19)13-28-23(31)29-9-6-24(7-10-29)12-18(24)14-27-22(30)20-11-17-5-8-26-15-21(17)32-20/h1-5,8,11,15,18H,6-7,9-10,12-14H2,(H,27,30)(H,28,31). The minimum Gasteiger partial charge on any atom is -0.449 e. The van der Waals surface area contributed by atoms with Crippen LogP contribution in [0.15, 0.2) is 53.2 Å². The predicted octanol–water partition coefficient (Wildman–Crippen LogP) is 4.22. The van der Waals surface area contributed by atoms with E-state index in [0.29, 0.717) is 35.4 Å². The summed E-state index contributed by atoms with van der Waals surface area (Å²) in [5, 5.41) is 7.56. The van der Waals surface area contributed by atoms with Crippen LogP contribution in [0.4, 0.5) is 4.79 Å². The molecule has 1 aliphatic carbocycles. The molecular weight excluding hydrogens is 428 g/mol. The van der Waals surface area contributed by atoms with Gasteiger partial charge in [-0.25, -0.2) is 4.79 Å². The first-order valence-electron chi connectivity index (χ1n) is 10.9. The van der Waals surface area contributed by atoms with Gasteiger partial charge >= 0.3 is 6.03 Å². The van der Waals surface area contributed by atoms with Crippen LogP contribution in [0.2, 0.25) is 5.02 Å². The number of benzene rings is 1. The Morgan fingerprint density at radius 2 is 1.94 bits per heavy atom. The van der Waals surface area contributed by atoms with Gasteiger partial charge in [-0.3, -0.25) is 9.78 Å². The number of amides is 3. The third-order valence-corrected chi connectivity index (χ3v) is 7.07. The lowest BCUT2D eigenvalue weighted by Crippen LogP contribution is -2.45. The fourth-order valence-electron chi connectivity index (χ4n) is 4.68. The van der Waals surface area contributed by atoms with Crippen molar-refractivity contribution in [3.8, 4) is 0 Å². The van der Waals surface area contributed by atoms with Gasteiger partial charge in [0.25, 0.3) is 5.91 Å². The molecule has 1 aromatic carbocycles. The van der Waals surface area contributed by atoms with Crippen LogP contribution in [0.3, 0.4) is 0 Å². The topological polar surface area (TPSA) is 87.5 Å². The molecule has 2 fully saturated rings. The average Bonchev–Trinajstić information content (AvgIpc) is 3.28. The Morgan fingerprint density at radius 3 is 2.69 bits per heavy atom. The van der Waals surface area contributed by atoms with Crippen LogP contribution in [-0.4, -0.2) is 41.5 Å². The molecule has 1 saturated heterocycles. The molecular formula is C24H25ClN4O3. The van der Waals surface area contributed by atoms with Crippen LogP contribution < -0.4 is 10.6 Å². The van der Waals surface area contributed by atoms with E-state index in [4.69, 9.17) is 16.0 Å². The van der Waals surface area contributed by atoms with Crippen LogP contribution in [0.25, 0.3) is 11.0 Å². The number of piperidine rings is 1. The number of halogens is 1. The average molecular weight is 453 g/mol. The number of aromatic nitrogens is 1. The molecule has 1 unspecified atom stereocenters. The number of rotatable bonds is 5. The van der Waals surface area contributed by atoms with Gasteiger partial charge in [0.2, 0.25) is 0 Å². The summed E-state index contributed by atoms with van der Waals surface area (Å²) in [5.74, 6) is 0.578. The van der Waals surface area contributed by atoms with Gasteiger partial charge in [-0.2, -0.15) is 0 Å². The zero-order valence-electron chi connectivity index (χ0n) is 17.6. The maximum absolute atomic E-state index is 12.5. The van der Waals surface area contributed by atoms with Gasteiger partial charge in [0, 0.05) is 42.8 Å². The van der Waals surface area contributed by atoms with Crippen LogP contribution >= 0.6 is 11.6 Å². The zero-order valence-corrected chi connectivity index (χ0v) is 18.4. The van der Waals surface area contributed by atoms with E-state index in [2.05, 4.69) is 15.6 Å². The molecule has 1 aliphatic heterocycles. The second kappa shape index (κ2) is 8.47. The molecule has 2 aromatic heterocycles. The van der Waals surface area contributed by atoms with Gasteiger partial charge in [-0.15, -0.1) is 0 Å². The van der Waals surface area contributed by atoms with Crippen molar-refractivity contribution in [3.05, 3.63) is 65.1 Å². The number of likely N-dealkylation sites (tertiary alicyclic amines) is 1. The molecule has 166 valence electrons. The number of fused-ring (bicyclic) bond motifs is 1. The summed E-state index contributed by atoms with van der Waals surface area (Å²) in [7, 11) is 0. The number of hydrogen-bond acceptors (Lipinski definition) is 4. The second-order valence-electron chi connectivity index (χ2n) is 8.77. The van der Waals surface area contributed by atoms with Crippen molar-refractivity contribution in [1.82, 2.24) is 20.5 Å². The monoisotopic (exact) mass is 452 g/mol. The van der Waals surface area contributed by atoms with Gasteiger partial charge in [0.15, 0.2) is 11.3 Å². The van der Waals surface area contributed by atoms with Gasteiger partial charge < -0.3 is 20.0 Å². The summed E-state index contributed by atoms with van der Waals surface area (Å²) in [6, 6.07) is 11.0. The van der Waals surface area contributed by atoms with Crippen molar-refractivity contribution in [2.45, 2.75) is 25.8 Å². The Morgan fingerprint density at radius 1 is 1.16 bits per heavy atom.